The van der Waals surface area contributed by atoms with Gasteiger partial charge in [0.2, 0.25) is 5.67 Å². The molecule has 0 aromatic heterocycles. The molecule has 0 amide bonds. The molecule has 1 N–H and O–H groups in total. The van der Waals surface area contributed by atoms with E-state index >= 15 is 0 Å². The van der Waals surface area contributed by atoms with Gasteiger partial charge in [0.25, 0.3) is 5.60 Å². The largest absolute Gasteiger partial charge is 0.426 e. The van der Waals surface area contributed by atoms with Crippen LogP contribution in [-0.4, -0.2) is 46.9 Å². The van der Waals surface area contributed by atoms with Crippen LogP contribution < -0.4 is 0 Å². The summed E-state index contributed by atoms with van der Waals surface area (Å²) in [5.74, 6) is -4.54. The molecule has 2 heterocycles. The molecule has 3 atom stereocenters. The number of aliphatic hydroxyl groups is 1. The topological polar surface area (TPSA) is 29.5 Å². The van der Waals surface area contributed by atoms with Crippen molar-refractivity contribution in [2.45, 2.75) is 61.0 Å². The molecular formula is C10H9F9O2. The van der Waals surface area contributed by atoms with E-state index in [-0.39, 0.29) is 6.42 Å². The first-order valence-electron chi connectivity index (χ1n) is 5.75. The van der Waals surface area contributed by atoms with Crippen LogP contribution in [0.2, 0.25) is 0 Å². The van der Waals surface area contributed by atoms with Crippen molar-refractivity contribution in [2.75, 3.05) is 0 Å². The van der Waals surface area contributed by atoms with Crippen LogP contribution in [0.4, 0.5) is 39.5 Å². The molecule has 0 aromatic carbocycles. The molecule has 0 aliphatic carbocycles. The Hall–Kier alpha value is -0.710. The zero-order valence-corrected chi connectivity index (χ0v) is 10.0. The van der Waals surface area contributed by atoms with E-state index in [1.807, 2.05) is 0 Å². The van der Waals surface area contributed by atoms with Gasteiger partial charge in [0.05, 0.1) is 6.10 Å². The lowest BCUT2D eigenvalue weighted by molar-refractivity contribution is -0.381. The summed E-state index contributed by atoms with van der Waals surface area (Å²) in [6, 6.07) is 0. The third kappa shape index (κ3) is 2.03. The van der Waals surface area contributed by atoms with Crippen LogP contribution in [0.25, 0.3) is 0 Å². The van der Waals surface area contributed by atoms with Crippen LogP contribution in [0.15, 0.2) is 0 Å². The Morgan fingerprint density at radius 2 is 1.33 bits per heavy atom. The second-order valence-corrected chi connectivity index (χ2v) is 5.21. The fourth-order valence-electron chi connectivity index (χ4n) is 2.69. The lowest BCUT2D eigenvalue weighted by atomic mass is 9.75. The van der Waals surface area contributed by atoms with Crippen LogP contribution in [0, 0.1) is 0 Å². The molecule has 0 aromatic rings. The molecule has 0 saturated carbocycles. The van der Waals surface area contributed by atoms with E-state index < -0.39 is 54.6 Å². The minimum absolute atomic E-state index is 0.375. The van der Waals surface area contributed by atoms with E-state index in [9.17, 15) is 39.5 Å². The molecule has 2 bridgehead atoms. The highest BCUT2D eigenvalue weighted by molar-refractivity contribution is 5.17. The molecule has 0 radical (unpaired) electrons. The molecule has 0 spiro atoms. The van der Waals surface area contributed by atoms with Gasteiger partial charge < -0.3 is 9.84 Å². The number of hydrogen-bond donors (Lipinski definition) is 1. The third-order valence-corrected chi connectivity index (χ3v) is 3.94. The summed E-state index contributed by atoms with van der Waals surface area (Å²) in [5.41, 5.74) is -9.82. The number of rotatable bonds is 2. The van der Waals surface area contributed by atoms with Crippen LogP contribution in [0.5, 0.6) is 0 Å². The van der Waals surface area contributed by atoms with Gasteiger partial charge in [0.1, 0.15) is 6.10 Å². The molecule has 124 valence electrons. The predicted molar refractivity (Wildman–Crippen MR) is 48.4 cm³/mol. The van der Waals surface area contributed by atoms with Crippen LogP contribution in [0.1, 0.15) is 19.3 Å². The lowest BCUT2D eigenvalue weighted by Crippen LogP contribution is -2.65. The highest BCUT2D eigenvalue weighted by Gasteiger charge is 2.80. The average Bonchev–Trinajstić information content (AvgIpc) is 2.79. The predicted octanol–water partition coefficient (Wildman–Crippen LogP) is 3.14. The van der Waals surface area contributed by atoms with E-state index in [1.165, 1.54) is 0 Å². The summed E-state index contributed by atoms with van der Waals surface area (Å²) < 4.78 is 121. The second-order valence-electron chi connectivity index (χ2n) is 5.21. The van der Waals surface area contributed by atoms with Crippen molar-refractivity contribution >= 4 is 0 Å². The Balaban J connectivity index is 2.43. The smallest absolute Gasteiger partial charge is 0.374 e. The van der Waals surface area contributed by atoms with E-state index in [0.29, 0.717) is 0 Å². The van der Waals surface area contributed by atoms with Crippen molar-refractivity contribution in [2.24, 2.45) is 0 Å². The first-order chi connectivity index (χ1) is 9.17. The zero-order chi connectivity index (χ0) is 16.5. The molecular weight excluding hydrogens is 323 g/mol. The summed E-state index contributed by atoms with van der Waals surface area (Å²) in [6.45, 7) is 0. The Morgan fingerprint density at radius 1 is 0.905 bits per heavy atom. The van der Waals surface area contributed by atoms with Gasteiger partial charge >= 0.3 is 18.3 Å². The zero-order valence-electron chi connectivity index (χ0n) is 10.0. The summed E-state index contributed by atoms with van der Waals surface area (Å²) in [4.78, 5) is 0. The lowest BCUT2D eigenvalue weighted by Gasteiger charge is -2.41. The summed E-state index contributed by atoms with van der Waals surface area (Å²) in [7, 11) is 0. The SMILES string of the molecule is OC(CC1(F)C2CCC(O2)C1(F)F)(C(F)(F)F)C(F)(F)F. The van der Waals surface area contributed by atoms with Gasteiger partial charge in [-0.25, -0.2) is 13.2 Å². The maximum Gasteiger partial charge on any atom is 0.426 e. The third-order valence-electron chi connectivity index (χ3n) is 3.94. The summed E-state index contributed by atoms with van der Waals surface area (Å²) >= 11 is 0. The van der Waals surface area contributed by atoms with Gasteiger partial charge in [-0.2, -0.15) is 26.3 Å². The molecule has 2 fully saturated rings. The first kappa shape index (κ1) is 16.7. The van der Waals surface area contributed by atoms with Crippen molar-refractivity contribution in [3.63, 3.8) is 0 Å². The molecule has 2 aliphatic heterocycles. The monoisotopic (exact) mass is 332 g/mol. The molecule has 3 unspecified atom stereocenters. The van der Waals surface area contributed by atoms with Crippen molar-refractivity contribution in [1.82, 2.24) is 0 Å². The Kier molecular flexibility index (Phi) is 3.32. The maximum absolute atomic E-state index is 14.3. The highest BCUT2D eigenvalue weighted by Crippen LogP contribution is 2.60. The Morgan fingerprint density at radius 3 is 1.67 bits per heavy atom. The van der Waals surface area contributed by atoms with Crippen LogP contribution >= 0.6 is 0 Å². The highest BCUT2D eigenvalue weighted by atomic mass is 19.4. The summed E-state index contributed by atoms with van der Waals surface area (Å²) in [5, 5.41) is 8.89. The minimum atomic E-state index is -6.36. The number of ether oxygens (including phenoxy) is 1. The fraction of sp³-hybridized carbons (Fsp3) is 1.00. The van der Waals surface area contributed by atoms with Gasteiger partial charge in [0, 0.05) is 6.42 Å². The number of hydrogen-bond acceptors (Lipinski definition) is 2. The number of halogens is 9. The van der Waals surface area contributed by atoms with Crippen LogP contribution in [0.3, 0.4) is 0 Å². The number of alkyl halides is 9. The van der Waals surface area contributed by atoms with Gasteiger partial charge in [-0.1, -0.05) is 0 Å². The quantitative estimate of drug-likeness (QED) is 0.788. The van der Waals surface area contributed by atoms with Gasteiger partial charge in [0.15, 0.2) is 0 Å². The van der Waals surface area contributed by atoms with Gasteiger partial charge in [-0.15, -0.1) is 0 Å². The Labute approximate surface area is 111 Å². The van der Waals surface area contributed by atoms with Gasteiger partial charge in [-0.05, 0) is 12.8 Å². The summed E-state index contributed by atoms with van der Waals surface area (Å²) in [6.07, 6.45) is -20.6. The number of fused-ring (bicyclic) bond motifs is 2. The normalized spacial score (nSPS) is 36.3. The molecule has 2 aliphatic rings. The van der Waals surface area contributed by atoms with Crippen molar-refractivity contribution < 1.29 is 49.4 Å². The van der Waals surface area contributed by atoms with E-state index in [4.69, 9.17) is 5.11 Å². The van der Waals surface area contributed by atoms with Gasteiger partial charge in [-0.3, -0.25) is 0 Å². The maximum atomic E-state index is 14.3. The van der Waals surface area contributed by atoms with Crippen LogP contribution in [-0.2, 0) is 4.74 Å². The van der Waals surface area contributed by atoms with E-state index in [2.05, 4.69) is 4.74 Å². The van der Waals surface area contributed by atoms with E-state index in [0.717, 1.165) is 0 Å². The van der Waals surface area contributed by atoms with E-state index in [1.54, 1.807) is 0 Å². The minimum Gasteiger partial charge on any atom is -0.374 e. The standard InChI is InChI=1S/C10H9F9O2/c11-6(4-1-2-5(21-4)8(6,12)13)3-7(20,9(14,15)16)10(17,18)19/h4-5,20H,1-3H2. The molecule has 2 nitrogen and oxygen atoms in total. The second kappa shape index (κ2) is 4.18. The Bertz CT molecular complexity index is 415. The molecule has 11 heteroatoms. The van der Waals surface area contributed by atoms with Crippen molar-refractivity contribution in [3.8, 4) is 0 Å². The molecule has 2 rings (SSSR count). The molecule has 21 heavy (non-hydrogen) atoms. The molecule has 2 saturated heterocycles. The average molecular weight is 332 g/mol. The van der Waals surface area contributed by atoms with Crippen molar-refractivity contribution in [1.29, 1.82) is 0 Å². The fourth-order valence-corrected chi connectivity index (χ4v) is 2.69. The van der Waals surface area contributed by atoms with Crippen molar-refractivity contribution in [3.05, 3.63) is 0 Å². The first-order valence-corrected chi connectivity index (χ1v) is 5.75.